The molecule has 0 bridgehead atoms. The van der Waals surface area contributed by atoms with Gasteiger partial charge >= 0.3 is 0 Å². The molecule has 0 saturated carbocycles. The van der Waals surface area contributed by atoms with E-state index in [1.807, 2.05) is 12.1 Å². The summed E-state index contributed by atoms with van der Waals surface area (Å²) in [7, 11) is 0. The Balaban J connectivity index is 2.27. The van der Waals surface area contributed by atoms with Crippen molar-refractivity contribution in [2.75, 3.05) is 18.0 Å². The van der Waals surface area contributed by atoms with Crippen LogP contribution in [0.3, 0.4) is 0 Å². The van der Waals surface area contributed by atoms with Crippen LogP contribution in [0.1, 0.15) is 31.7 Å². The molecule has 1 saturated heterocycles. The summed E-state index contributed by atoms with van der Waals surface area (Å²) < 4.78 is 0. The maximum Gasteiger partial charge on any atom is 0.240 e. The summed E-state index contributed by atoms with van der Waals surface area (Å²) in [6, 6.07) is 5.64. The fourth-order valence-corrected chi connectivity index (χ4v) is 3.06. The second-order valence-electron chi connectivity index (χ2n) is 5.18. The number of halogens is 1. The van der Waals surface area contributed by atoms with Gasteiger partial charge in [0.15, 0.2) is 0 Å². The van der Waals surface area contributed by atoms with E-state index >= 15 is 0 Å². The van der Waals surface area contributed by atoms with Gasteiger partial charge in [-0.1, -0.05) is 30.7 Å². The zero-order chi connectivity index (χ0) is 14.5. The number of carbonyl (C=O) groups is 1. The van der Waals surface area contributed by atoms with Crippen molar-refractivity contribution in [3.8, 4) is 0 Å². The molecule has 3 N–H and O–H groups in total. The van der Waals surface area contributed by atoms with E-state index in [0.29, 0.717) is 5.02 Å². The smallest absolute Gasteiger partial charge is 0.240 e. The van der Waals surface area contributed by atoms with Gasteiger partial charge in [0, 0.05) is 13.1 Å². The van der Waals surface area contributed by atoms with Gasteiger partial charge in [0.05, 0.1) is 10.7 Å². The minimum absolute atomic E-state index is 0.236. The number of amides is 1. The molecule has 110 valence electrons. The Kier molecular flexibility index (Phi) is 5.26. The number of anilines is 1. The van der Waals surface area contributed by atoms with Crippen LogP contribution in [0.2, 0.25) is 5.02 Å². The van der Waals surface area contributed by atoms with Crippen molar-refractivity contribution >= 4 is 23.2 Å². The highest BCUT2D eigenvalue weighted by Gasteiger charge is 2.31. The number of rotatable bonds is 6. The molecule has 0 aromatic heterocycles. The van der Waals surface area contributed by atoms with Crippen LogP contribution in [0.15, 0.2) is 18.2 Å². The lowest BCUT2D eigenvalue weighted by Gasteiger charge is -2.28. The molecule has 1 fully saturated rings. The average molecular weight is 296 g/mol. The Hall–Kier alpha value is -1.26. The van der Waals surface area contributed by atoms with Gasteiger partial charge in [0.1, 0.15) is 6.04 Å². The molecule has 1 aromatic carbocycles. The molecule has 1 amide bonds. The quantitative estimate of drug-likeness (QED) is 0.792. The number of benzene rings is 1. The summed E-state index contributed by atoms with van der Waals surface area (Å²) in [6.45, 7) is 4.69. The van der Waals surface area contributed by atoms with E-state index in [1.165, 1.54) is 0 Å². The number of carbonyl (C=O) groups excluding carboxylic acids is 1. The summed E-state index contributed by atoms with van der Waals surface area (Å²) in [5, 5.41) is 4.07. The lowest BCUT2D eigenvalue weighted by Crippen LogP contribution is -2.41. The van der Waals surface area contributed by atoms with E-state index in [2.05, 4.69) is 23.2 Å². The van der Waals surface area contributed by atoms with E-state index in [1.54, 1.807) is 0 Å². The van der Waals surface area contributed by atoms with Gasteiger partial charge in [-0.05, 0) is 37.4 Å². The van der Waals surface area contributed by atoms with Gasteiger partial charge in [-0.3, -0.25) is 4.79 Å². The number of nitrogens with two attached hydrogens (primary N) is 1. The van der Waals surface area contributed by atoms with Crippen molar-refractivity contribution in [1.82, 2.24) is 5.32 Å². The van der Waals surface area contributed by atoms with Gasteiger partial charge in [-0.2, -0.15) is 0 Å². The maximum atomic E-state index is 11.6. The highest BCUT2D eigenvalue weighted by atomic mass is 35.5. The SMILES string of the molecule is CCCNCc1cccc(Cl)c1N1CCCC1C(N)=O. The fraction of sp³-hybridized carbons (Fsp3) is 0.533. The Bertz CT molecular complexity index is 478. The number of primary amides is 1. The standard InChI is InChI=1S/C15H22ClN3O/c1-2-8-18-10-11-5-3-6-12(16)14(11)19-9-4-7-13(19)15(17)20/h3,5-6,13,18H,2,4,7-10H2,1H3,(H2,17,20). The lowest BCUT2D eigenvalue weighted by atomic mass is 10.1. The van der Waals surface area contributed by atoms with Crippen LogP contribution in [-0.4, -0.2) is 25.0 Å². The zero-order valence-corrected chi connectivity index (χ0v) is 12.6. The first-order chi connectivity index (χ1) is 9.65. The summed E-state index contributed by atoms with van der Waals surface area (Å²) in [5.74, 6) is -0.269. The molecule has 1 aromatic rings. The van der Waals surface area contributed by atoms with Crippen molar-refractivity contribution in [3.05, 3.63) is 28.8 Å². The molecule has 0 radical (unpaired) electrons. The molecule has 0 aliphatic carbocycles. The predicted octanol–water partition coefficient (Wildman–Crippen LogP) is 2.29. The second-order valence-corrected chi connectivity index (χ2v) is 5.59. The van der Waals surface area contributed by atoms with Crippen LogP contribution >= 0.6 is 11.6 Å². The van der Waals surface area contributed by atoms with Gasteiger partial charge in [-0.25, -0.2) is 0 Å². The molecule has 2 rings (SSSR count). The van der Waals surface area contributed by atoms with Gasteiger partial charge in [0.2, 0.25) is 5.91 Å². The van der Waals surface area contributed by atoms with Crippen molar-refractivity contribution in [1.29, 1.82) is 0 Å². The van der Waals surface area contributed by atoms with Gasteiger partial charge < -0.3 is 16.0 Å². The van der Waals surface area contributed by atoms with Gasteiger partial charge in [0.25, 0.3) is 0 Å². The van der Waals surface area contributed by atoms with Crippen molar-refractivity contribution in [2.45, 2.75) is 38.8 Å². The molecule has 0 spiro atoms. The van der Waals surface area contributed by atoms with Crippen molar-refractivity contribution in [2.24, 2.45) is 5.73 Å². The molecule has 4 nitrogen and oxygen atoms in total. The van der Waals surface area contributed by atoms with Crippen LogP contribution in [0.5, 0.6) is 0 Å². The highest BCUT2D eigenvalue weighted by Crippen LogP contribution is 2.35. The second kappa shape index (κ2) is 6.95. The largest absolute Gasteiger partial charge is 0.368 e. The van der Waals surface area contributed by atoms with E-state index in [4.69, 9.17) is 17.3 Å². The first-order valence-electron chi connectivity index (χ1n) is 7.19. The molecule has 1 aliphatic rings. The molecule has 1 atom stereocenters. The fourth-order valence-electron chi connectivity index (χ4n) is 2.75. The summed E-state index contributed by atoms with van der Waals surface area (Å²) in [4.78, 5) is 13.7. The third kappa shape index (κ3) is 3.25. The van der Waals surface area contributed by atoms with Crippen LogP contribution < -0.4 is 16.0 Å². The van der Waals surface area contributed by atoms with E-state index < -0.39 is 0 Å². The molecule has 1 unspecified atom stereocenters. The predicted molar refractivity (Wildman–Crippen MR) is 83.0 cm³/mol. The Morgan fingerprint density at radius 3 is 3.05 bits per heavy atom. The number of nitrogens with one attached hydrogen (secondary N) is 1. The molecule has 5 heteroatoms. The Morgan fingerprint density at radius 2 is 2.35 bits per heavy atom. The minimum Gasteiger partial charge on any atom is -0.368 e. The monoisotopic (exact) mass is 295 g/mol. The summed E-state index contributed by atoms with van der Waals surface area (Å²) in [5.41, 5.74) is 7.59. The highest BCUT2D eigenvalue weighted by molar-refractivity contribution is 6.33. The normalized spacial score (nSPS) is 18.5. The van der Waals surface area contributed by atoms with E-state index in [-0.39, 0.29) is 11.9 Å². The lowest BCUT2D eigenvalue weighted by molar-refractivity contribution is -0.119. The van der Waals surface area contributed by atoms with Gasteiger partial charge in [-0.15, -0.1) is 0 Å². The minimum atomic E-state index is -0.269. The van der Waals surface area contributed by atoms with Crippen LogP contribution in [0, 0.1) is 0 Å². The third-order valence-electron chi connectivity index (χ3n) is 3.68. The van der Waals surface area contributed by atoms with Crippen LogP contribution in [0.4, 0.5) is 5.69 Å². The zero-order valence-electron chi connectivity index (χ0n) is 11.9. The number of hydrogen-bond donors (Lipinski definition) is 2. The van der Waals surface area contributed by atoms with E-state index in [0.717, 1.165) is 50.1 Å². The van der Waals surface area contributed by atoms with Crippen LogP contribution in [0.25, 0.3) is 0 Å². The molecule has 1 aliphatic heterocycles. The van der Waals surface area contributed by atoms with Crippen molar-refractivity contribution in [3.63, 3.8) is 0 Å². The number of nitrogens with zero attached hydrogens (tertiary/aromatic N) is 1. The maximum absolute atomic E-state index is 11.6. The summed E-state index contributed by atoms with van der Waals surface area (Å²) in [6.07, 6.45) is 2.87. The van der Waals surface area contributed by atoms with Crippen LogP contribution in [-0.2, 0) is 11.3 Å². The van der Waals surface area contributed by atoms with Crippen molar-refractivity contribution < 1.29 is 4.79 Å². The molecule has 20 heavy (non-hydrogen) atoms. The Labute approximate surface area is 125 Å². The third-order valence-corrected chi connectivity index (χ3v) is 3.99. The first kappa shape index (κ1) is 15.1. The number of para-hydroxylation sites is 1. The topological polar surface area (TPSA) is 58.4 Å². The number of hydrogen-bond acceptors (Lipinski definition) is 3. The average Bonchev–Trinajstić information content (AvgIpc) is 2.88. The first-order valence-corrected chi connectivity index (χ1v) is 7.57. The molecule has 1 heterocycles. The molecular formula is C15H22ClN3O. The summed E-state index contributed by atoms with van der Waals surface area (Å²) >= 11 is 6.37. The molecular weight excluding hydrogens is 274 g/mol. The van der Waals surface area contributed by atoms with E-state index in [9.17, 15) is 4.79 Å². The Morgan fingerprint density at radius 1 is 1.55 bits per heavy atom.